The molecule has 1 N–H and O–H groups in total. The van der Waals surface area contributed by atoms with Crippen LogP contribution in [0.3, 0.4) is 0 Å². The quantitative estimate of drug-likeness (QED) is 0.787. The zero-order chi connectivity index (χ0) is 20.9. The summed E-state index contributed by atoms with van der Waals surface area (Å²) >= 11 is 0. The predicted molar refractivity (Wildman–Crippen MR) is 111 cm³/mol. The van der Waals surface area contributed by atoms with E-state index in [0.29, 0.717) is 12.1 Å². The summed E-state index contributed by atoms with van der Waals surface area (Å²) in [6, 6.07) is 10.0. The molecular formula is C22H32N4O3. The van der Waals surface area contributed by atoms with Crippen molar-refractivity contribution in [3.05, 3.63) is 35.4 Å². The summed E-state index contributed by atoms with van der Waals surface area (Å²) in [6.45, 7) is 11.6. The van der Waals surface area contributed by atoms with Crippen molar-refractivity contribution in [2.45, 2.75) is 45.0 Å². The molecule has 0 saturated carbocycles. The second kappa shape index (κ2) is 9.57. The normalized spacial score (nSPS) is 22.7. The van der Waals surface area contributed by atoms with Crippen LogP contribution in [-0.4, -0.2) is 79.5 Å². The second-order valence-electron chi connectivity index (χ2n) is 8.89. The van der Waals surface area contributed by atoms with Gasteiger partial charge < -0.3 is 14.8 Å². The van der Waals surface area contributed by atoms with Crippen LogP contribution in [0.2, 0.25) is 0 Å². The number of morpholine rings is 2. The van der Waals surface area contributed by atoms with Crippen LogP contribution in [0.15, 0.2) is 24.3 Å². The summed E-state index contributed by atoms with van der Waals surface area (Å²) < 4.78 is 11.4. The van der Waals surface area contributed by atoms with E-state index in [-0.39, 0.29) is 18.3 Å². The molecule has 2 saturated heterocycles. The minimum Gasteiger partial charge on any atom is -0.444 e. The van der Waals surface area contributed by atoms with Gasteiger partial charge >= 0.3 is 6.09 Å². The van der Waals surface area contributed by atoms with Crippen molar-refractivity contribution < 1.29 is 14.3 Å². The molecule has 2 heterocycles. The molecule has 0 spiro atoms. The van der Waals surface area contributed by atoms with Crippen LogP contribution in [0.5, 0.6) is 0 Å². The number of rotatable bonds is 6. The zero-order valence-electron chi connectivity index (χ0n) is 17.7. The van der Waals surface area contributed by atoms with Crippen LogP contribution in [0.1, 0.15) is 31.9 Å². The minimum atomic E-state index is -0.471. The van der Waals surface area contributed by atoms with Gasteiger partial charge in [0.15, 0.2) is 0 Å². The van der Waals surface area contributed by atoms with E-state index in [1.807, 2.05) is 45.0 Å². The van der Waals surface area contributed by atoms with E-state index in [1.54, 1.807) is 0 Å². The highest BCUT2D eigenvalue weighted by molar-refractivity contribution is 5.67. The second-order valence-corrected chi connectivity index (χ2v) is 8.89. The first-order chi connectivity index (χ1) is 13.8. The van der Waals surface area contributed by atoms with E-state index < -0.39 is 5.60 Å². The number of alkyl carbamates (subject to hydrolysis) is 1. The number of hydrogen-bond acceptors (Lipinski definition) is 6. The predicted octanol–water partition coefficient (Wildman–Crippen LogP) is 2.01. The summed E-state index contributed by atoms with van der Waals surface area (Å²) in [4.78, 5) is 16.6. The monoisotopic (exact) mass is 400 g/mol. The maximum Gasteiger partial charge on any atom is 0.407 e. The van der Waals surface area contributed by atoms with E-state index in [0.717, 1.165) is 45.7 Å². The highest BCUT2D eigenvalue weighted by Crippen LogP contribution is 2.19. The molecular weight excluding hydrogens is 368 g/mol. The van der Waals surface area contributed by atoms with Crippen molar-refractivity contribution in [3.63, 3.8) is 0 Å². The molecule has 2 bridgehead atoms. The summed E-state index contributed by atoms with van der Waals surface area (Å²) in [7, 11) is 0. The molecule has 7 heteroatoms. The van der Waals surface area contributed by atoms with Crippen LogP contribution < -0.4 is 5.32 Å². The number of nitriles is 1. The third-order valence-corrected chi connectivity index (χ3v) is 5.13. The molecule has 1 aromatic rings. The number of benzene rings is 1. The van der Waals surface area contributed by atoms with Gasteiger partial charge in [-0.3, -0.25) is 9.80 Å². The molecule has 158 valence electrons. The highest BCUT2D eigenvalue weighted by Gasteiger charge is 2.34. The van der Waals surface area contributed by atoms with Gasteiger partial charge in [-0.1, -0.05) is 12.1 Å². The van der Waals surface area contributed by atoms with Gasteiger partial charge in [0, 0.05) is 45.8 Å². The Bertz CT molecular complexity index is 709. The van der Waals surface area contributed by atoms with E-state index in [2.05, 4.69) is 21.2 Å². The van der Waals surface area contributed by atoms with Gasteiger partial charge in [0.1, 0.15) is 5.60 Å². The number of fused-ring (bicyclic) bond motifs is 2. The largest absolute Gasteiger partial charge is 0.444 e. The van der Waals surface area contributed by atoms with Crippen molar-refractivity contribution in [2.24, 2.45) is 0 Å². The summed E-state index contributed by atoms with van der Waals surface area (Å²) in [5, 5.41) is 11.7. The van der Waals surface area contributed by atoms with Crippen LogP contribution >= 0.6 is 0 Å². The number of carbonyl (C=O) groups is 1. The van der Waals surface area contributed by atoms with Gasteiger partial charge in [-0.25, -0.2) is 4.79 Å². The summed E-state index contributed by atoms with van der Waals surface area (Å²) in [6.07, 6.45) is 1.05. The fraction of sp³-hybridized carbons (Fsp3) is 0.636. The minimum absolute atomic E-state index is 0.213. The van der Waals surface area contributed by atoms with E-state index >= 15 is 0 Å². The molecule has 2 aliphatic rings. The Kier molecular flexibility index (Phi) is 7.12. The van der Waals surface area contributed by atoms with Gasteiger partial charge in [-0.15, -0.1) is 0 Å². The average Bonchev–Trinajstić information content (AvgIpc) is 2.65. The van der Waals surface area contributed by atoms with Gasteiger partial charge in [0.2, 0.25) is 0 Å². The van der Waals surface area contributed by atoms with Crippen molar-refractivity contribution in [1.29, 1.82) is 5.26 Å². The summed E-state index contributed by atoms with van der Waals surface area (Å²) in [5.41, 5.74) is 1.49. The number of ether oxygens (including phenoxy) is 2. The molecule has 2 atom stereocenters. The Labute approximate surface area is 173 Å². The van der Waals surface area contributed by atoms with Gasteiger partial charge in [-0.05, 0) is 44.9 Å². The molecule has 3 rings (SSSR count). The molecule has 0 radical (unpaired) electrons. The summed E-state index contributed by atoms with van der Waals surface area (Å²) in [5.74, 6) is 0. The first kappa shape index (κ1) is 21.6. The molecule has 2 unspecified atom stereocenters. The third-order valence-electron chi connectivity index (χ3n) is 5.13. The van der Waals surface area contributed by atoms with Crippen LogP contribution in [0.25, 0.3) is 0 Å². The standard InChI is InChI=1S/C22H32N4O3/c1-22(2,3)29-21(27)24-9-11-26-15-19-13-25(14-20(16-26)28-19)10-8-17-4-6-18(12-23)7-5-17/h4-7,19-20H,8-11,13-16H2,1-3H3,(H,24,27). The maximum atomic E-state index is 11.8. The smallest absolute Gasteiger partial charge is 0.407 e. The lowest BCUT2D eigenvalue weighted by molar-refractivity contribution is -0.137. The van der Waals surface area contributed by atoms with Crippen molar-refractivity contribution in [3.8, 4) is 6.07 Å². The molecule has 0 aromatic heterocycles. The van der Waals surface area contributed by atoms with E-state index in [1.165, 1.54) is 5.56 Å². The fourth-order valence-corrected chi connectivity index (χ4v) is 3.89. The Morgan fingerprint density at radius 2 is 1.72 bits per heavy atom. The van der Waals surface area contributed by atoms with Crippen LogP contribution in [0, 0.1) is 11.3 Å². The highest BCUT2D eigenvalue weighted by atomic mass is 16.6. The number of hydrogen-bond donors (Lipinski definition) is 1. The van der Waals surface area contributed by atoms with Crippen molar-refractivity contribution in [2.75, 3.05) is 45.8 Å². The molecule has 2 aliphatic heterocycles. The SMILES string of the molecule is CC(C)(C)OC(=O)NCCN1CC2CN(CCc3ccc(C#N)cc3)CC(C1)O2. The Morgan fingerprint density at radius 3 is 2.28 bits per heavy atom. The first-order valence-electron chi connectivity index (χ1n) is 10.4. The maximum absolute atomic E-state index is 11.8. The molecule has 7 nitrogen and oxygen atoms in total. The van der Waals surface area contributed by atoms with E-state index in [9.17, 15) is 4.79 Å². The van der Waals surface area contributed by atoms with Crippen LogP contribution in [-0.2, 0) is 15.9 Å². The zero-order valence-corrected chi connectivity index (χ0v) is 17.7. The topological polar surface area (TPSA) is 77.8 Å². The van der Waals surface area contributed by atoms with Gasteiger partial charge in [0.25, 0.3) is 0 Å². The van der Waals surface area contributed by atoms with Crippen LogP contribution in [0.4, 0.5) is 4.79 Å². The van der Waals surface area contributed by atoms with Gasteiger partial charge in [0.05, 0.1) is 23.8 Å². The lowest BCUT2D eigenvalue weighted by Crippen LogP contribution is -2.60. The Balaban J connectivity index is 1.38. The molecule has 1 amide bonds. The third kappa shape index (κ3) is 7.00. The lowest BCUT2D eigenvalue weighted by atomic mass is 10.1. The molecule has 2 fully saturated rings. The van der Waals surface area contributed by atoms with Gasteiger partial charge in [-0.2, -0.15) is 5.26 Å². The number of nitrogens with one attached hydrogen (secondary N) is 1. The molecule has 1 aromatic carbocycles. The number of nitrogens with zero attached hydrogens (tertiary/aromatic N) is 3. The van der Waals surface area contributed by atoms with Crippen molar-refractivity contribution in [1.82, 2.24) is 15.1 Å². The average molecular weight is 401 g/mol. The molecule has 0 aliphatic carbocycles. The first-order valence-corrected chi connectivity index (χ1v) is 10.4. The number of carbonyl (C=O) groups excluding carboxylic acids is 1. The fourth-order valence-electron chi connectivity index (χ4n) is 3.89. The Hall–Kier alpha value is -2.14. The Morgan fingerprint density at radius 1 is 1.14 bits per heavy atom. The lowest BCUT2D eigenvalue weighted by Gasteiger charge is -2.46. The van der Waals surface area contributed by atoms with E-state index in [4.69, 9.17) is 14.7 Å². The molecule has 29 heavy (non-hydrogen) atoms. The van der Waals surface area contributed by atoms with Crippen molar-refractivity contribution >= 4 is 6.09 Å². The number of amides is 1.